The number of carbonyl (C=O) groups is 1. The number of likely N-dealkylation sites (tertiary alicyclic amines) is 1. The first-order valence-electron chi connectivity index (χ1n) is 10.7. The molecule has 3 aromatic carbocycles. The maximum atomic E-state index is 12.7. The van der Waals surface area contributed by atoms with E-state index in [4.69, 9.17) is 4.74 Å². The normalized spacial score (nSPS) is 15.0. The summed E-state index contributed by atoms with van der Waals surface area (Å²) >= 11 is 0. The number of hydrogen-bond acceptors (Lipinski definition) is 4. The summed E-state index contributed by atoms with van der Waals surface area (Å²) in [6.45, 7) is 2.59. The number of aromatic hydroxyl groups is 1. The molecule has 0 spiro atoms. The zero-order valence-corrected chi connectivity index (χ0v) is 17.5. The zero-order chi connectivity index (χ0) is 21.5. The van der Waals surface area contributed by atoms with Gasteiger partial charge in [0.25, 0.3) is 0 Å². The summed E-state index contributed by atoms with van der Waals surface area (Å²) in [4.78, 5) is 15.1. The molecular formula is C26H28N2O3. The summed E-state index contributed by atoms with van der Waals surface area (Å²) in [6, 6.07) is 27.0. The molecule has 3 aromatic rings. The van der Waals surface area contributed by atoms with Gasteiger partial charge in [-0.05, 0) is 41.7 Å². The lowest BCUT2D eigenvalue weighted by molar-refractivity contribution is 0.0476. The van der Waals surface area contributed by atoms with E-state index in [1.165, 1.54) is 5.56 Å². The Bertz CT molecular complexity index is 913. The molecule has 0 radical (unpaired) electrons. The fourth-order valence-corrected chi connectivity index (χ4v) is 4.00. The summed E-state index contributed by atoms with van der Waals surface area (Å²) in [5.41, 5.74) is 3.22. The van der Waals surface area contributed by atoms with E-state index in [0.29, 0.717) is 0 Å². The van der Waals surface area contributed by atoms with Crippen molar-refractivity contribution in [3.63, 3.8) is 0 Å². The number of carbonyl (C=O) groups excluding carboxylic acids is 1. The standard InChI is InChI=1S/C26H28N2O3/c29-23-13-11-20(12-14-23)19-28-17-15-24(16-18-28)31-26(30)27-25(21-7-3-1-4-8-21)22-9-5-2-6-10-22/h1-14,24-25,29H,15-19H2,(H,27,30). The second-order valence-corrected chi connectivity index (χ2v) is 7.95. The molecule has 1 heterocycles. The molecule has 0 aliphatic carbocycles. The Balaban J connectivity index is 1.31. The van der Waals surface area contributed by atoms with Crippen LogP contribution in [0.15, 0.2) is 84.9 Å². The first kappa shape index (κ1) is 20.9. The van der Waals surface area contributed by atoms with Crippen LogP contribution in [0, 0.1) is 0 Å². The van der Waals surface area contributed by atoms with E-state index in [0.717, 1.165) is 43.6 Å². The number of phenols is 1. The number of piperidine rings is 1. The maximum absolute atomic E-state index is 12.7. The van der Waals surface area contributed by atoms with Crippen LogP contribution in [0.3, 0.4) is 0 Å². The molecule has 1 amide bonds. The van der Waals surface area contributed by atoms with Gasteiger partial charge in [0.2, 0.25) is 0 Å². The Hall–Kier alpha value is -3.31. The van der Waals surface area contributed by atoms with Crippen LogP contribution in [0.4, 0.5) is 4.79 Å². The van der Waals surface area contributed by atoms with Crippen LogP contribution in [0.25, 0.3) is 0 Å². The Labute approximate surface area is 183 Å². The van der Waals surface area contributed by atoms with E-state index >= 15 is 0 Å². The van der Waals surface area contributed by atoms with Gasteiger partial charge in [0, 0.05) is 19.6 Å². The minimum Gasteiger partial charge on any atom is -0.508 e. The maximum Gasteiger partial charge on any atom is 0.408 e. The number of ether oxygens (including phenoxy) is 1. The Morgan fingerprint density at radius 2 is 1.45 bits per heavy atom. The van der Waals surface area contributed by atoms with Gasteiger partial charge in [-0.25, -0.2) is 4.79 Å². The van der Waals surface area contributed by atoms with Crippen molar-refractivity contribution in [3.8, 4) is 5.75 Å². The number of alkyl carbamates (subject to hydrolysis) is 1. The third-order valence-electron chi connectivity index (χ3n) is 5.68. The van der Waals surface area contributed by atoms with Gasteiger partial charge in [-0.15, -0.1) is 0 Å². The van der Waals surface area contributed by atoms with Gasteiger partial charge in [0.15, 0.2) is 0 Å². The quantitative estimate of drug-likeness (QED) is 0.602. The van der Waals surface area contributed by atoms with Crippen molar-refractivity contribution in [3.05, 3.63) is 102 Å². The molecule has 1 aliphatic heterocycles. The van der Waals surface area contributed by atoms with E-state index in [2.05, 4.69) is 10.2 Å². The zero-order valence-electron chi connectivity index (χ0n) is 17.5. The number of nitrogens with one attached hydrogen (secondary N) is 1. The van der Waals surface area contributed by atoms with Crippen LogP contribution in [0.2, 0.25) is 0 Å². The number of benzene rings is 3. The van der Waals surface area contributed by atoms with Gasteiger partial charge in [0.05, 0.1) is 6.04 Å². The second kappa shape index (κ2) is 10.1. The van der Waals surface area contributed by atoms with Crippen LogP contribution < -0.4 is 5.32 Å². The average Bonchev–Trinajstić information content (AvgIpc) is 2.81. The lowest BCUT2D eigenvalue weighted by atomic mass is 9.99. The van der Waals surface area contributed by atoms with E-state index < -0.39 is 0 Å². The fraction of sp³-hybridized carbons (Fsp3) is 0.269. The molecule has 1 saturated heterocycles. The molecule has 0 atom stereocenters. The predicted octanol–water partition coefficient (Wildman–Crippen LogP) is 4.87. The third kappa shape index (κ3) is 5.86. The van der Waals surface area contributed by atoms with Gasteiger partial charge in [0.1, 0.15) is 11.9 Å². The highest BCUT2D eigenvalue weighted by Gasteiger charge is 2.24. The molecule has 2 N–H and O–H groups in total. The molecule has 0 unspecified atom stereocenters. The minimum atomic E-state index is -0.380. The number of hydrogen-bond donors (Lipinski definition) is 2. The monoisotopic (exact) mass is 416 g/mol. The van der Waals surface area contributed by atoms with Crippen molar-refractivity contribution in [1.82, 2.24) is 10.2 Å². The molecule has 1 fully saturated rings. The molecule has 5 nitrogen and oxygen atoms in total. The molecule has 5 heteroatoms. The molecule has 160 valence electrons. The van der Waals surface area contributed by atoms with Crippen molar-refractivity contribution in [2.24, 2.45) is 0 Å². The number of amides is 1. The number of phenolic OH excluding ortho intramolecular Hbond substituents is 1. The first-order valence-corrected chi connectivity index (χ1v) is 10.7. The summed E-state index contributed by atoms with van der Waals surface area (Å²) < 4.78 is 5.77. The van der Waals surface area contributed by atoms with Gasteiger partial charge < -0.3 is 15.2 Å². The second-order valence-electron chi connectivity index (χ2n) is 7.95. The molecule has 1 aliphatic rings. The van der Waals surface area contributed by atoms with Crippen molar-refractivity contribution in [2.45, 2.75) is 31.5 Å². The molecule has 0 saturated carbocycles. The minimum absolute atomic E-state index is 0.0803. The van der Waals surface area contributed by atoms with Crippen LogP contribution in [-0.4, -0.2) is 35.3 Å². The summed E-state index contributed by atoms with van der Waals surface area (Å²) in [5, 5.41) is 12.5. The van der Waals surface area contributed by atoms with Crippen molar-refractivity contribution >= 4 is 6.09 Å². The van der Waals surface area contributed by atoms with E-state index in [1.54, 1.807) is 12.1 Å². The molecule has 0 aromatic heterocycles. The Morgan fingerprint density at radius 3 is 2.00 bits per heavy atom. The first-order chi connectivity index (χ1) is 15.2. The molecule has 0 bridgehead atoms. The van der Waals surface area contributed by atoms with E-state index in [-0.39, 0.29) is 24.0 Å². The summed E-state index contributed by atoms with van der Waals surface area (Å²) in [5.74, 6) is 0.284. The topological polar surface area (TPSA) is 61.8 Å². The molecule has 4 rings (SSSR count). The predicted molar refractivity (Wildman–Crippen MR) is 121 cm³/mol. The largest absolute Gasteiger partial charge is 0.508 e. The van der Waals surface area contributed by atoms with Crippen molar-refractivity contribution in [1.29, 1.82) is 0 Å². The van der Waals surface area contributed by atoms with E-state index in [1.807, 2.05) is 72.8 Å². The van der Waals surface area contributed by atoms with Crippen LogP contribution in [0.5, 0.6) is 5.75 Å². The third-order valence-corrected chi connectivity index (χ3v) is 5.68. The van der Waals surface area contributed by atoms with Crippen molar-refractivity contribution in [2.75, 3.05) is 13.1 Å². The highest BCUT2D eigenvalue weighted by Crippen LogP contribution is 2.23. The molecule has 31 heavy (non-hydrogen) atoms. The summed E-state index contributed by atoms with van der Waals surface area (Å²) in [6.07, 6.45) is 1.16. The number of rotatable bonds is 6. The lowest BCUT2D eigenvalue weighted by Crippen LogP contribution is -2.40. The van der Waals surface area contributed by atoms with Crippen LogP contribution in [0.1, 0.15) is 35.6 Å². The van der Waals surface area contributed by atoms with Crippen LogP contribution in [-0.2, 0) is 11.3 Å². The van der Waals surface area contributed by atoms with Crippen molar-refractivity contribution < 1.29 is 14.6 Å². The molecular weight excluding hydrogens is 388 g/mol. The van der Waals surface area contributed by atoms with Crippen LogP contribution >= 0.6 is 0 Å². The highest BCUT2D eigenvalue weighted by atomic mass is 16.6. The van der Waals surface area contributed by atoms with Gasteiger partial charge in [-0.3, -0.25) is 4.90 Å². The SMILES string of the molecule is O=C(NC(c1ccccc1)c1ccccc1)OC1CCN(Cc2ccc(O)cc2)CC1. The van der Waals surface area contributed by atoms with Gasteiger partial charge in [-0.2, -0.15) is 0 Å². The smallest absolute Gasteiger partial charge is 0.408 e. The van der Waals surface area contributed by atoms with Gasteiger partial charge in [-0.1, -0.05) is 72.8 Å². The number of nitrogens with zero attached hydrogens (tertiary/aromatic N) is 1. The lowest BCUT2D eigenvalue weighted by Gasteiger charge is -2.32. The highest BCUT2D eigenvalue weighted by molar-refractivity contribution is 5.69. The summed E-state index contributed by atoms with van der Waals surface area (Å²) in [7, 11) is 0. The average molecular weight is 417 g/mol. The Kier molecular flexibility index (Phi) is 6.85. The van der Waals surface area contributed by atoms with E-state index in [9.17, 15) is 9.90 Å². The van der Waals surface area contributed by atoms with Gasteiger partial charge >= 0.3 is 6.09 Å². The fourth-order valence-electron chi connectivity index (χ4n) is 4.00. The Morgan fingerprint density at radius 1 is 0.903 bits per heavy atom.